The van der Waals surface area contributed by atoms with Crippen molar-refractivity contribution in [3.8, 4) is 22.8 Å². The molecule has 0 atom stereocenters. The number of benzene rings is 2. The molecule has 0 aliphatic heterocycles. The van der Waals surface area contributed by atoms with Crippen LogP contribution < -0.4 is 14.8 Å². The first-order chi connectivity index (χ1) is 14.3. The number of carbonyl (C=O) groups is 1. The molecule has 3 aromatic rings. The molecular formula is C20H18FN3O5S. The molecule has 8 nitrogen and oxygen atoms in total. The van der Waals surface area contributed by atoms with E-state index >= 15 is 0 Å². The van der Waals surface area contributed by atoms with Crippen molar-refractivity contribution in [1.82, 2.24) is 4.98 Å². The van der Waals surface area contributed by atoms with E-state index in [1.807, 2.05) is 6.92 Å². The highest BCUT2D eigenvalue weighted by molar-refractivity contribution is 7.16. The van der Waals surface area contributed by atoms with Gasteiger partial charge in [0, 0.05) is 16.5 Å². The number of carbonyl (C=O) groups excluding carboxylic acids is 1. The van der Waals surface area contributed by atoms with Crippen molar-refractivity contribution in [3.05, 3.63) is 62.8 Å². The molecule has 0 unspecified atom stereocenters. The zero-order valence-corrected chi connectivity index (χ0v) is 17.2. The Hall–Kier alpha value is -3.53. The van der Waals surface area contributed by atoms with E-state index in [1.165, 1.54) is 36.6 Å². The number of aromatic nitrogens is 1. The normalized spacial score (nSPS) is 10.5. The lowest BCUT2D eigenvalue weighted by atomic mass is 10.1. The van der Waals surface area contributed by atoms with Crippen LogP contribution in [-0.4, -0.2) is 29.5 Å². The number of halogens is 1. The number of ether oxygens (including phenoxy) is 2. The standard InChI is InChI=1S/C20H18FN3O5S/c1-4-29-17-10-15(24(26)27)14(9-16(17)28-3)19(25)23-20-22-18(11(2)30-20)12-5-7-13(21)8-6-12/h5-10H,4H2,1-3H3,(H,22,23,25). The van der Waals surface area contributed by atoms with Crippen molar-refractivity contribution >= 4 is 28.1 Å². The van der Waals surface area contributed by atoms with Gasteiger partial charge in [0.2, 0.25) is 0 Å². The smallest absolute Gasteiger partial charge is 0.286 e. The van der Waals surface area contributed by atoms with Gasteiger partial charge in [0.1, 0.15) is 11.4 Å². The number of anilines is 1. The van der Waals surface area contributed by atoms with E-state index in [1.54, 1.807) is 19.1 Å². The van der Waals surface area contributed by atoms with E-state index in [4.69, 9.17) is 9.47 Å². The minimum atomic E-state index is -0.706. The van der Waals surface area contributed by atoms with Crippen molar-refractivity contribution < 1.29 is 23.6 Å². The SMILES string of the molecule is CCOc1cc([N+](=O)[O-])c(C(=O)Nc2nc(-c3ccc(F)cc3)c(C)s2)cc1OC. The molecule has 1 N–H and O–H groups in total. The molecule has 2 aromatic carbocycles. The number of nitrogens with one attached hydrogen (secondary N) is 1. The van der Waals surface area contributed by atoms with Crippen molar-refractivity contribution in [1.29, 1.82) is 0 Å². The van der Waals surface area contributed by atoms with E-state index in [0.717, 1.165) is 10.9 Å². The van der Waals surface area contributed by atoms with E-state index in [0.29, 0.717) is 11.3 Å². The topological polar surface area (TPSA) is 104 Å². The van der Waals surface area contributed by atoms with Gasteiger partial charge in [0.25, 0.3) is 11.6 Å². The molecule has 1 aromatic heterocycles. The lowest BCUT2D eigenvalue weighted by Crippen LogP contribution is -2.14. The molecule has 0 aliphatic carbocycles. The number of hydrogen-bond donors (Lipinski definition) is 1. The lowest BCUT2D eigenvalue weighted by Gasteiger charge is -2.11. The van der Waals surface area contributed by atoms with Gasteiger partial charge in [-0.15, -0.1) is 11.3 Å². The molecule has 0 fully saturated rings. The van der Waals surface area contributed by atoms with Gasteiger partial charge in [0.15, 0.2) is 16.6 Å². The van der Waals surface area contributed by atoms with Crippen LogP contribution in [0.2, 0.25) is 0 Å². The predicted octanol–water partition coefficient (Wildman–Crippen LogP) is 4.83. The summed E-state index contributed by atoms with van der Waals surface area (Å²) >= 11 is 1.21. The molecule has 1 heterocycles. The van der Waals surface area contributed by atoms with Crippen molar-refractivity contribution in [3.63, 3.8) is 0 Å². The molecule has 1 amide bonds. The summed E-state index contributed by atoms with van der Waals surface area (Å²) in [4.78, 5) is 28.8. The fourth-order valence-electron chi connectivity index (χ4n) is 2.80. The second-order valence-corrected chi connectivity index (χ2v) is 7.30. The van der Waals surface area contributed by atoms with Crippen molar-refractivity contribution in [2.75, 3.05) is 19.0 Å². The summed E-state index contributed by atoms with van der Waals surface area (Å²) in [5.74, 6) is -0.693. The Labute approximate surface area is 175 Å². The number of amides is 1. The summed E-state index contributed by atoms with van der Waals surface area (Å²) in [6, 6.07) is 8.24. The summed E-state index contributed by atoms with van der Waals surface area (Å²) in [5, 5.41) is 14.3. The summed E-state index contributed by atoms with van der Waals surface area (Å²) in [6.07, 6.45) is 0. The third-order valence-corrected chi connectivity index (χ3v) is 5.04. The van der Waals surface area contributed by atoms with Crippen LogP contribution in [-0.2, 0) is 0 Å². The molecule has 3 rings (SSSR count). The summed E-state index contributed by atoms with van der Waals surface area (Å²) < 4.78 is 23.7. The third kappa shape index (κ3) is 4.38. The molecule has 10 heteroatoms. The van der Waals surface area contributed by atoms with Gasteiger partial charge >= 0.3 is 0 Å². The van der Waals surface area contributed by atoms with E-state index < -0.39 is 16.5 Å². The average Bonchev–Trinajstić information content (AvgIpc) is 3.08. The number of methoxy groups -OCH3 is 1. The van der Waals surface area contributed by atoms with Gasteiger partial charge in [0.05, 0.1) is 30.4 Å². The number of aryl methyl sites for hydroxylation is 1. The number of nitro groups is 1. The van der Waals surface area contributed by atoms with E-state index in [9.17, 15) is 19.3 Å². The Morgan fingerprint density at radius 3 is 2.57 bits per heavy atom. The van der Waals surface area contributed by atoms with Gasteiger partial charge in [-0.2, -0.15) is 0 Å². The van der Waals surface area contributed by atoms with Crippen LogP contribution in [0.3, 0.4) is 0 Å². The number of nitrogens with zero attached hydrogens (tertiary/aromatic N) is 2. The summed E-state index contributed by atoms with van der Waals surface area (Å²) in [5.41, 5.74) is 0.689. The Balaban J connectivity index is 1.93. The highest BCUT2D eigenvalue weighted by Crippen LogP contribution is 2.36. The van der Waals surface area contributed by atoms with Crippen LogP contribution in [0, 0.1) is 22.9 Å². The average molecular weight is 431 g/mol. The quantitative estimate of drug-likeness (QED) is 0.425. The zero-order chi connectivity index (χ0) is 21.8. The van der Waals surface area contributed by atoms with Crippen LogP contribution in [0.25, 0.3) is 11.3 Å². The fraction of sp³-hybridized carbons (Fsp3) is 0.200. The predicted molar refractivity (Wildman–Crippen MR) is 111 cm³/mol. The maximum Gasteiger partial charge on any atom is 0.286 e. The van der Waals surface area contributed by atoms with E-state index in [-0.39, 0.29) is 34.6 Å². The van der Waals surface area contributed by atoms with Crippen molar-refractivity contribution in [2.45, 2.75) is 13.8 Å². The number of thiazole rings is 1. The largest absolute Gasteiger partial charge is 0.493 e. The van der Waals surface area contributed by atoms with Gasteiger partial charge in [-0.1, -0.05) is 0 Å². The molecule has 156 valence electrons. The maximum absolute atomic E-state index is 13.2. The van der Waals surface area contributed by atoms with Gasteiger partial charge < -0.3 is 9.47 Å². The van der Waals surface area contributed by atoms with Crippen LogP contribution in [0.4, 0.5) is 15.2 Å². The number of rotatable bonds is 7. The zero-order valence-electron chi connectivity index (χ0n) is 16.4. The van der Waals surface area contributed by atoms with Gasteiger partial charge in [-0.3, -0.25) is 20.2 Å². The summed E-state index contributed by atoms with van der Waals surface area (Å²) in [7, 11) is 1.38. The van der Waals surface area contributed by atoms with Crippen LogP contribution in [0.5, 0.6) is 11.5 Å². The molecule has 30 heavy (non-hydrogen) atoms. The molecule has 0 bridgehead atoms. The van der Waals surface area contributed by atoms with Gasteiger partial charge in [-0.05, 0) is 38.1 Å². The highest BCUT2D eigenvalue weighted by atomic mass is 32.1. The summed E-state index contributed by atoms with van der Waals surface area (Å²) in [6.45, 7) is 3.83. The van der Waals surface area contributed by atoms with Crippen LogP contribution >= 0.6 is 11.3 Å². The van der Waals surface area contributed by atoms with Crippen LogP contribution in [0.1, 0.15) is 22.2 Å². The minimum absolute atomic E-state index is 0.173. The number of nitro benzene ring substituents is 1. The Morgan fingerprint density at radius 1 is 1.27 bits per heavy atom. The molecular weight excluding hydrogens is 413 g/mol. The molecule has 0 saturated carbocycles. The molecule has 0 saturated heterocycles. The maximum atomic E-state index is 13.2. The fourth-order valence-corrected chi connectivity index (χ4v) is 3.63. The highest BCUT2D eigenvalue weighted by Gasteiger charge is 2.25. The second kappa shape index (κ2) is 8.87. The number of hydrogen-bond acceptors (Lipinski definition) is 7. The molecule has 0 spiro atoms. The van der Waals surface area contributed by atoms with Crippen molar-refractivity contribution in [2.24, 2.45) is 0 Å². The van der Waals surface area contributed by atoms with Gasteiger partial charge in [-0.25, -0.2) is 9.37 Å². The van der Waals surface area contributed by atoms with Crippen LogP contribution in [0.15, 0.2) is 36.4 Å². The first-order valence-electron chi connectivity index (χ1n) is 8.88. The Morgan fingerprint density at radius 2 is 1.97 bits per heavy atom. The first-order valence-corrected chi connectivity index (χ1v) is 9.69. The molecule has 0 radical (unpaired) electrons. The minimum Gasteiger partial charge on any atom is -0.493 e. The molecule has 0 aliphatic rings. The third-order valence-electron chi connectivity index (χ3n) is 4.16. The Kier molecular flexibility index (Phi) is 6.26. The monoisotopic (exact) mass is 431 g/mol. The Bertz CT molecular complexity index is 1100. The van der Waals surface area contributed by atoms with E-state index in [2.05, 4.69) is 10.3 Å². The first kappa shape index (κ1) is 21.2. The lowest BCUT2D eigenvalue weighted by molar-refractivity contribution is -0.385. The second-order valence-electron chi connectivity index (χ2n) is 6.10.